The van der Waals surface area contributed by atoms with Crippen molar-refractivity contribution in [2.75, 3.05) is 7.11 Å². The number of Topliss-reactive ketones (excluding diaryl/α,β-unsaturated/α-hetero) is 2. The number of benzene rings is 2. The van der Waals surface area contributed by atoms with Crippen LogP contribution in [0, 0.1) is 5.92 Å². The lowest BCUT2D eigenvalue weighted by Crippen LogP contribution is -2.16. The number of rotatable bonds is 4. The molecule has 0 fully saturated rings. The van der Waals surface area contributed by atoms with Gasteiger partial charge in [-0.15, -0.1) is 0 Å². The van der Waals surface area contributed by atoms with Crippen LogP contribution in [0.4, 0.5) is 5.69 Å². The SMILES string of the molecule is CO/N=C(/C)c1ccc(N=CC2C(=O)c3ccccc3C2=O)cc1. The highest BCUT2D eigenvalue weighted by molar-refractivity contribution is 6.33. The van der Waals surface area contributed by atoms with Gasteiger partial charge in [-0.25, -0.2) is 0 Å². The van der Waals surface area contributed by atoms with E-state index < -0.39 is 5.92 Å². The maximum absolute atomic E-state index is 12.3. The van der Waals surface area contributed by atoms with Crippen molar-refractivity contribution in [2.24, 2.45) is 16.1 Å². The number of nitrogens with zero attached hydrogens (tertiary/aromatic N) is 2. The zero-order valence-corrected chi connectivity index (χ0v) is 13.4. The standard InChI is InChI=1S/C19H16N2O3/c1-12(21-24-2)13-7-9-14(10-8-13)20-11-17-18(22)15-5-3-4-6-16(15)19(17)23/h3-11,17H,1-2H3/b20-11?,21-12-. The monoisotopic (exact) mass is 320 g/mol. The van der Waals surface area contributed by atoms with Gasteiger partial charge in [0.1, 0.15) is 13.0 Å². The van der Waals surface area contributed by atoms with Gasteiger partial charge in [0.2, 0.25) is 0 Å². The van der Waals surface area contributed by atoms with Crippen LogP contribution in [0.25, 0.3) is 0 Å². The first-order valence-corrected chi connectivity index (χ1v) is 7.51. The summed E-state index contributed by atoms with van der Waals surface area (Å²) >= 11 is 0. The van der Waals surface area contributed by atoms with E-state index in [0.717, 1.165) is 11.3 Å². The van der Waals surface area contributed by atoms with Crippen LogP contribution in [0.3, 0.4) is 0 Å². The number of hydrogen-bond acceptors (Lipinski definition) is 5. The van der Waals surface area contributed by atoms with Crippen LogP contribution in [0.2, 0.25) is 0 Å². The van der Waals surface area contributed by atoms with E-state index in [1.807, 2.05) is 19.1 Å². The molecule has 0 saturated heterocycles. The molecule has 0 heterocycles. The van der Waals surface area contributed by atoms with E-state index in [4.69, 9.17) is 4.84 Å². The molecule has 3 rings (SSSR count). The fraction of sp³-hybridized carbons (Fsp3) is 0.158. The first kappa shape index (κ1) is 15.8. The average Bonchev–Trinajstić information content (AvgIpc) is 2.85. The molecule has 2 aromatic rings. The summed E-state index contributed by atoms with van der Waals surface area (Å²) in [6.45, 7) is 1.84. The molecule has 0 amide bonds. The Morgan fingerprint density at radius 1 is 1.00 bits per heavy atom. The Hall–Kier alpha value is -3.08. The van der Waals surface area contributed by atoms with Crippen molar-refractivity contribution in [3.05, 3.63) is 65.2 Å². The summed E-state index contributed by atoms with van der Waals surface area (Å²) in [5, 5.41) is 3.87. The second-order valence-corrected chi connectivity index (χ2v) is 5.44. The molecule has 1 aliphatic rings. The molecule has 0 spiro atoms. The number of carbonyl (C=O) groups excluding carboxylic acids is 2. The van der Waals surface area contributed by atoms with Crippen molar-refractivity contribution in [1.82, 2.24) is 0 Å². The van der Waals surface area contributed by atoms with E-state index in [1.165, 1.54) is 13.3 Å². The third-order valence-corrected chi connectivity index (χ3v) is 3.91. The van der Waals surface area contributed by atoms with E-state index in [1.54, 1.807) is 36.4 Å². The summed E-state index contributed by atoms with van der Waals surface area (Å²) in [5.74, 6) is -1.23. The summed E-state index contributed by atoms with van der Waals surface area (Å²) < 4.78 is 0. The van der Waals surface area contributed by atoms with Gasteiger partial charge in [-0.1, -0.05) is 41.6 Å². The van der Waals surface area contributed by atoms with Crippen LogP contribution in [0.15, 0.2) is 58.7 Å². The highest BCUT2D eigenvalue weighted by atomic mass is 16.6. The molecule has 120 valence electrons. The predicted octanol–water partition coefficient (Wildman–Crippen LogP) is 3.45. The van der Waals surface area contributed by atoms with Gasteiger partial charge in [-0.2, -0.15) is 0 Å². The van der Waals surface area contributed by atoms with E-state index in [-0.39, 0.29) is 11.6 Å². The second kappa shape index (κ2) is 6.58. The lowest BCUT2D eigenvalue weighted by atomic mass is 10.1. The number of aliphatic imine (C=N–C) groups is 1. The zero-order chi connectivity index (χ0) is 17.1. The van der Waals surface area contributed by atoms with Gasteiger partial charge < -0.3 is 4.84 Å². The normalized spacial score (nSPS) is 15.2. The highest BCUT2D eigenvalue weighted by Gasteiger charge is 2.36. The van der Waals surface area contributed by atoms with Crippen LogP contribution in [0.5, 0.6) is 0 Å². The lowest BCUT2D eigenvalue weighted by Gasteiger charge is -2.01. The zero-order valence-electron chi connectivity index (χ0n) is 13.4. The van der Waals surface area contributed by atoms with Gasteiger partial charge in [0.15, 0.2) is 11.6 Å². The summed E-state index contributed by atoms with van der Waals surface area (Å²) in [4.78, 5) is 33.6. The molecule has 0 radical (unpaired) electrons. The summed E-state index contributed by atoms with van der Waals surface area (Å²) in [6, 6.07) is 14.2. The molecule has 5 heteroatoms. The summed E-state index contributed by atoms with van der Waals surface area (Å²) in [6.07, 6.45) is 1.43. The summed E-state index contributed by atoms with van der Waals surface area (Å²) in [5.41, 5.74) is 3.28. The van der Waals surface area contributed by atoms with Crippen molar-refractivity contribution < 1.29 is 14.4 Å². The van der Waals surface area contributed by atoms with Crippen LogP contribution in [-0.2, 0) is 4.84 Å². The number of oxime groups is 1. The molecule has 5 nitrogen and oxygen atoms in total. The minimum Gasteiger partial charge on any atom is -0.399 e. The van der Waals surface area contributed by atoms with Crippen LogP contribution in [-0.4, -0.2) is 30.6 Å². The van der Waals surface area contributed by atoms with E-state index in [0.29, 0.717) is 16.8 Å². The number of fused-ring (bicyclic) bond motifs is 1. The van der Waals surface area contributed by atoms with E-state index in [9.17, 15) is 9.59 Å². The fourth-order valence-electron chi connectivity index (χ4n) is 2.64. The molecule has 0 aliphatic heterocycles. The first-order valence-electron chi connectivity index (χ1n) is 7.51. The Labute approximate surface area is 139 Å². The maximum atomic E-state index is 12.3. The van der Waals surface area contributed by atoms with Gasteiger partial charge in [-0.05, 0) is 24.6 Å². The highest BCUT2D eigenvalue weighted by Crippen LogP contribution is 2.26. The quantitative estimate of drug-likeness (QED) is 0.492. The summed E-state index contributed by atoms with van der Waals surface area (Å²) in [7, 11) is 1.50. The number of ketones is 2. The molecule has 24 heavy (non-hydrogen) atoms. The molecule has 0 atom stereocenters. The van der Waals surface area contributed by atoms with Crippen LogP contribution < -0.4 is 0 Å². The Bertz CT molecular complexity index is 816. The average molecular weight is 320 g/mol. The first-order chi connectivity index (χ1) is 11.6. The molecule has 0 aromatic heterocycles. The van der Waals surface area contributed by atoms with Gasteiger partial charge >= 0.3 is 0 Å². The molecular weight excluding hydrogens is 304 g/mol. The Morgan fingerprint density at radius 2 is 1.58 bits per heavy atom. The number of carbonyl (C=O) groups is 2. The van der Waals surface area contributed by atoms with Gasteiger partial charge in [0, 0.05) is 17.3 Å². The Morgan fingerprint density at radius 3 is 2.12 bits per heavy atom. The molecule has 1 aliphatic carbocycles. The van der Waals surface area contributed by atoms with Gasteiger partial charge in [0.25, 0.3) is 0 Å². The van der Waals surface area contributed by atoms with Gasteiger partial charge in [0.05, 0.1) is 11.4 Å². The third kappa shape index (κ3) is 2.88. The van der Waals surface area contributed by atoms with Crippen molar-refractivity contribution in [1.29, 1.82) is 0 Å². The minimum absolute atomic E-state index is 0.195. The molecule has 0 bridgehead atoms. The van der Waals surface area contributed by atoms with Crippen molar-refractivity contribution >= 4 is 29.2 Å². The minimum atomic E-state index is -0.834. The Kier molecular flexibility index (Phi) is 4.33. The van der Waals surface area contributed by atoms with E-state index in [2.05, 4.69) is 10.1 Å². The van der Waals surface area contributed by atoms with Crippen molar-refractivity contribution in [2.45, 2.75) is 6.92 Å². The second-order valence-electron chi connectivity index (χ2n) is 5.44. The largest absolute Gasteiger partial charge is 0.399 e. The van der Waals surface area contributed by atoms with Gasteiger partial charge in [-0.3, -0.25) is 14.6 Å². The molecule has 0 saturated carbocycles. The van der Waals surface area contributed by atoms with E-state index >= 15 is 0 Å². The molecule has 2 aromatic carbocycles. The predicted molar refractivity (Wildman–Crippen MR) is 92.4 cm³/mol. The smallest absolute Gasteiger partial charge is 0.179 e. The topological polar surface area (TPSA) is 68.1 Å². The lowest BCUT2D eigenvalue weighted by molar-refractivity contribution is 0.0886. The Balaban J connectivity index is 1.79. The third-order valence-electron chi connectivity index (χ3n) is 3.91. The molecule has 0 N–H and O–H groups in total. The number of hydrogen-bond donors (Lipinski definition) is 0. The molecule has 0 unspecified atom stereocenters. The van der Waals surface area contributed by atoms with Crippen LogP contribution >= 0.6 is 0 Å². The fourth-order valence-corrected chi connectivity index (χ4v) is 2.64. The molecular formula is C19H16N2O3. The van der Waals surface area contributed by atoms with Crippen molar-refractivity contribution in [3.8, 4) is 0 Å². The van der Waals surface area contributed by atoms with Crippen LogP contribution in [0.1, 0.15) is 33.2 Å². The van der Waals surface area contributed by atoms with Crippen molar-refractivity contribution in [3.63, 3.8) is 0 Å². The maximum Gasteiger partial charge on any atom is 0.179 e.